The Hall–Kier alpha value is -1.44. The zero-order valence-electron chi connectivity index (χ0n) is 12.2. The summed E-state index contributed by atoms with van der Waals surface area (Å²) in [6.45, 7) is 2.34. The van der Waals surface area contributed by atoms with Crippen LogP contribution < -0.4 is 0 Å². The highest BCUT2D eigenvalue weighted by atomic mass is 32.2. The van der Waals surface area contributed by atoms with Crippen molar-refractivity contribution in [2.45, 2.75) is 37.8 Å². The third-order valence-corrected chi connectivity index (χ3v) is 4.17. The van der Waals surface area contributed by atoms with Gasteiger partial charge in [-0.3, -0.25) is 0 Å². The van der Waals surface area contributed by atoms with Crippen molar-refractivity contribution in [2.24, 2.45) is 11.1 Å². The van der Waals surface area contributed by atoms with Crippen LogP contribution in [0.3, 0.4) is 0 Å². The molecule has 0 aliphatic heterocycles. The molecule has 1 aliphatic rings. The third kappa shape index (κ3) is 5.08. The molecule has 0 spiro atoms. The van der Waals surface area contributed by atoms with Gasteiger partial charge < -0.3 is 9.25 Å². The minimum absolute atomic E-state index is 0.123. The topological polar surface area (TPSA) is 47.6 Å². The highest BCUT2D eigenvalue weighted by Crippen LogP contribution is 2.26. The molecule has 0 radical (unpaired) electrons. The van der Waals surface area contributed by atoms with E-state index >= 15 is 0 Å². The van der Waals surface area contributed by atoms with E-state index in [2.05, 4.69) is 10.1 Å². The van der Waals surface area contributed by atoms with Crippen LogP contribution in [0, 0.1) is 12.8 Å². The largest absolute Gasteiger partial charge is 0.430 e. The first kappa shape index (κ1) is 16.9. The molecular formula is C14H17F3N2O2S. The van der Waals surface area contributed by atoms with Crippen molar-refractivity contribution < 1.29 is 22.4 Å². The summed E-state index contributed by atoms with van der Waals surface area (Å²) in [6, 6.07) is 0. The lowest BCUT2D eigenvalue weighted by Gasteiger charge is -2.23. The van der Waals surface area contributed by atoms with Crippen LogP contribution in [0.5, 0.6) is 0 Å². The van der Waals surface area contributed by atoms with Crippen LogP contribution in [0.15, 0.2) is 26.7 Å². The molecule has 0 aromatic carbocycles. The summed E-state index contributed by atoms with van der Waals surface area (Å²) < 4.78 is 41.9. The first-order valence-electron chi connectivity index (χ1n) is 7.01. The number of hydrogen-bond acceptors (Lipinski definition) is 5. The Morgan fingerprint density at radius 3 is 2.86 bits per heavy atom. The van der Waals surface area contributed by atoms with Crippen LogP contribution in [0.25, 0.3) is 0 Å². The first-order valence-corrected chi connectivity index (χ1v) is 8.00. The van der Waals surface area contributed by atoms with Gasteiger partial charge in [0.2, 0.25) is 0 Å². The van der Waals surface area contributed by atoms with Gasteiger partial charge in [0, 0.05) is 12.2 Å². The highest BCUT2D eigenvalue weighted by Gasteiger charge is 2.17. The standard InChI is InChI=1S/C14H17F3N2O2S/c1-9-12(7-18-20-8-10-3-2-4-10)21-14(19-9)22-6-5-11(15)13(16)17/h7,10H,2-6,8H2,1H3. The molecule has 1 fully saturated rings. The van der Waals surface area contributed by atoms with Gasteiger partial charge >= 0.3 is 6.08 Å². The maximum atomic E-state index is 12.6. The van der Waals surface area contributed by atoms with Gasteiger partial charge in [-0.1, -0.05) is 23.3 Å². The zero-order chi connectivity index (χ0) is 15.9. The van der Waals surface area contributed by atoms with E-state index in [1.54, 1.807) is 6.92 Å². The number of aryl methyl sites for hydroxylation is 1. The second-order valence-electron chi connectivity index (χ2n) is 5.02. The van der Waals surface area contributed by atoms with Crippen molar-refractivity contribution in [2.75, 3.05) is 12.4 Å². The first-order chi connectivity index (χ1) is 10.6. The molecule has 0 atom stereocenters. The predicted molar refractivity (Wildman–Crippen MR) is 77.8 cm³/mol. The van der Waals surface area contributed by atoms with Crippen molar-refractivity contribution in [3.8, 4) is 0 Å². The fourth-order valence-electron chi connectivity index (χ4n) is 1.78. The van der Waals surface area contributed by atoms with Crippen molar-refractivity contribution >= 4 is 18.0 Å². The summed E-state index contributed by atoms with van der Waals surface area (Å²) in [7, 11) is 0. The summed E-state index contributed by atoms with van der Waals surface area (Å²) in [5, 5.41) is 4.13. The Bertz CT molecular complexity index is 552. The summed E-state index contributed by atoms with van der Waals surface area (Å²) in [5.41, 5.74) is 0.617. The van der Waals surface area contributed by atoms with E-state index in [-0.39, 0.29) is 12.2 Å². The zero-order valence-corrected chi connectivity index (χ0v) is 13.0. The lowest BCUT2D eigenvalue weighted by Crippen LogP contribution is -2.16. The SMILES string of the molecule is Cc1nc(SCCC(F)=C(F)F)oc1C=NOCC1CCC1. The van der Waals surface area contributed by atoms with Gasteiger partial charge in [-0.2, -0.15) is 8.78 Å². The van der Waals surface area contributed by atoms with Crippen LogP contribution in [0.1, 0.15) is 37.1 Å². The molecule has 122 valence electrons. The Morgan fingerprint density at radius 2 is 2.23 bits per heavy atom. The molecule has 0 bridgehead atoms. The van der Waals surface area contributed by atoms with E-state index < -0.39 is 11.9 Å². The molecule has 1 aromatic heterocycles. The van der Waals surface area contributed by atoms with Crippen molar-refractivity contribution in [3.05, 3.63) is 23.4 Å². The fraction of sp³-hybridized carbons (Fsp3) is 0.571. The van der Waals surface area contributed by atoms with E-state index in [9.17, 15) is 13.2 Å². The van der Waals surface area contributed by atoms with Crippen LogP contribution >= 0.6 is 11.8 Å². The maximum absolute atomic E-state index is 12.6. The van der Waals surface area contributed by atoms with E-state index in [1.807, 2.05) is 0 Å². The van der Waals surface area contributed by atoms with Gasteiger partial charge in [0.15, 0.2) is 11.6 Å². The molecule has 0 amide bonds. The Morgan fingerprint density at radius 1 is 1.45 bits per heavy atom. The number of aromatic nitrogens is 1. The van der Waals surface area contributed by atoms with Gasteiger partial charge in [0.1, 0.15) is 12.8 Å². The molecular weight excluding hydrogens is 317 g/mol. The fourth-order valence-corrected chi connectivity index (χ4v) is 2.59. The van der Waals surface area contributed by atoms with Gasteiger partial charge in [0.05, 0.1) is 5.69 Å². The normalized spacial score (nSPS) is 15.1. The molecule has 1 heterocycles. The monoisotopic (exact) mass is 334 g/mol. The highest BCUT2D eigenvalue weighted by molar-refractivity contribution is 7.99. The summed E-state index contributed by atoms with van der Waals surface area (Å²) in [5.74, 6) is -0.235. The molecule has 2 rings (SSSR count). The predicted octanol–water partition coefficient (Wildman–Crippen LogP) is 4.69. The van der Waals surface area contributed by atoms with Crippen molar-refractivity contribution in [3.63, 3.8) is 0 Å². The molecule has 1 saturated carbocycles. The van der Waals surface area contributed by atoms with E-state index in [0.29, 0.717) is 29.2 Å². The number of hydrogen-bond donors (Lipinski definition) is 0. The van der Waals surface area contributed by atoms with E-state index in [0.717, 1.165) is 11.8 Å². The average molecular weight is 334 g/mol. The van der Waals surface area contributed by atoms with Crippen molar-refractivity contribution in [1.29, 1.82) is 0 Å². The van der Waals surface area contributed by atoms with Gasteiger partial charge in [0.25, 0.3) is 5.22 Å². The lowest BCUT2D eigenvalue weighted by atomic mass is 9.86. The lowest BCUT2D eigenvalue weighted by molar-refractivity contribution is 0.0766. The smallest absolute Gasteiger partial charge is 0.301 e. The molecule has 8 heteroatoms. The third-order valence-electron chi connectivity index (χ3n) is 3.34. The van der Waals surface area contributed by atoms with E-state index in [1.165, 1.54) is 25.5 Å². The quantitative estimate of drug-likeness (QED) is 0.393. The summed E-state index contributed by atoms with van der Waals surface area (Å²) >= 11 is 1.07. The number of nitrogens with zero attached hydrogens (tertiary/aromatic N) is 2. The number of rotatable bonds is 8. The average Bonchev–Trinajstić information content (AvgIpc) is 2.76. The molecule has 1 aromatic rings. The van der Waals surface area contributed by atoms with Gasteiger partial charge in [-0.25, -0.2) is 9.37 Å². The summed E-state index contributed by atoms with van der Waals surface area (Å²) in [4.78, 5) is 9.30. The Balaban J connectivity index is 1.77. The number of halogens is 3. The molecule has 0 saturated heterocycles. The number of allylic oxidation sites excluding steroid dienone is 1. The van der Waals surface area contributed by atoms with E-state index in [4.69, 9.17) is 9.25 Å². The van der Waals surface area contributed by atoms with Crippen LogP contribution in [-0.2, 0) is 4.84 Å². The van der Waals surface area contributed by atoms with Crippen molar-refractivity contribution in [1.82, 2.24) is 4.98 Å². The number of thioether (sulfide) groups is 1. The minimum Gasteiger partial charge on any atom is -0.430 e. The number of oxime groups is 1. The summed E-state index contributed by atoms with van der Waals surface area (Å²) in [6.07, 6.45) is 2.42. The van der Waals surface area contributed by atoms with Gasteiger partial charge in [-0.15, -0.1) is 0 Å². The number of oxazole rings is 1. The Kier molecular flexibility index (Phi) is 6.35. The van der Waals surface area contributed by atoms with Crippen LogP contribution in [-0.4, -0.2) is 23.6 Å². The minimum atomic E-state index is -2.28. The van der Waals surface area contributed by atoms with Crippen LogP contribution in [0.2, 0.25) is 0 Å². The van der Waals surface area contributed by atoms with Gasteiger partial charge in [-0.05, 0) is 25.7 Å². The second kappa shape index (κ2) is 8.26. The Labute approximate surface area is 130 Å². The molecule has 0 N–H and O–H groups in total. The molecule has 22 heavy (non-hydrogen) atoms. The molecule has 0 unspecified atom stereocenters. The molecule has 1 aliphatic carbocycles. The van der Waals surface area contributed by atoms with Crippen LogP contribution in [0.4, 0.5) is 13.2 Å². The second-order valence-corrected chi connectivity index (χ2v) is 6.07. The maximum Gasteiger partial charge on any atom is 0.301 e. The molecule has 4 nitrogen and oxygen atoms in total.